The SMILES string of the molecule is CC(C)(O)Cn1c(-c2ccc(-c3ccncc3)cc2)nc2cc3[nH]c(=O)c(Cc4ccccc4)nc3cc21. The predicted octanol–water partition coefficient (Wildman–Crippen LogP) is 5.36. The maximum atomic E-state index is 12.8. The number of hydrogen-bond donors (Lipinski definition) is 2. The topological polar surface area (TPSA) is 96.7 Å². The molecule has 0 atom stereocenters. The molecule has 0 saturated carbocycles. The third-order valence-electron chi connectivity index (χ3n) is 6.55. The summed E-state index contributed by atoms with van der Waals surface area (Å²) in [7, 11) is 0. The third kappa shape index (κ3) is 4.71. The summed E-state index contributed by atoms with van der Waals surface area (Å²) in [6.45, 7) is 3.91. The summed E-state index contributed by atoms with van der Waals surface area (Å²) in [4.78, 5) is 29.6. The average molecular weight is 502 g/mol. The van der Waals surface area contributed by atoms with Gasteiger partial charge in [0, 0.05) is 24.4 Å². The van der Waals surface area contributed by atoms with Crippen LogP contribution in [0.15, 0.2) is 96.1 Å². The zero-order valence-corrected chi connectivity index (χ0v) is 21.2. The van der Waals surface area contributed by atoms with Crippen molar-refractivity contribution in [1.82, 2.24) is 24.5 Å². The molecule has 3 heterocycles. The van der Waals surface area contributed by atoms with Crippen LogP contribution in [0.1, 0.15) is 25.1 Å². The van der Waals surface area contributed by atoms with Crippen LogP contribution >= 0.6 is 0 Å². The Bertz CT molecular complexity index is 1800. The van der Waals surface area contributed by atoms with Crippen molar-refractivity contribution in [3.63, 3.8) is 0 Å². The van der Waals surface area contributed by atoms with E-state index in [9.17, 15) is 9.90 Å². The number of benzene rings is 3. The highest BCUT2D eigenvalue weighted by atomic mass is 16.3. The van der Waals surface area contributed by atoms with Gasteiger partial charge in [-0.05, 0) is 54.8 Å². The Morgan fingerprint density at radius 3 is 2.24 bits per heavy atom. The number of aromatic nitrogens is 5. The van der Waals surface area contributed by atoms with Gasteiger partial charge in [-0.3, -0.25) is 9.78 Å². The second-order valence-corrected chi connectivity index (χ2v) is 10.2. The van der Waals surface area contributed by atoms with Crippen LogP contribution in [-0.4, -0.2) is 35.2 Å². The van der Waals surface area contributed by atoms with Gasteiger partial charge in [0.1, 0.15) is 11.5 Å². The van der Waals surface area contributed by atoms with E-state index in [1.807, 2.05) is 71.3 Å². The van der Waals surface area contributed by atoms with Crippen LogP contribution in [0.3, 0.4) is 0 Å². The first-order valence-electron chi connectivity index (χ1n) is 12.5. The van der Waals surface area contributed by atoms with Crippen molar-refractivity contribution in [3.8, 4) is 22.5 Å². The van der Waals surface area contributed by atoms with Crippen molar-refractivity contribution < 1.29 is 5.11 Å². The number of nitrogens with zero attached hydrogens (tertiary/aromatic N) is 4. The fourth-order valence-electron chi connectivity index (χ4n) is 4.78. The van der Waals surface area contributed by atoms with Gasteiger partial charge in [-0.15, -0.1) is 0 Å². The highest BCUT2D eigenvalue weighted by Crippen LogP contribution is 2.30. The second-order valence-electron chi connectivity index (χ2n) is 10.2. The zero-order valence-electron chi connectivity index (χ0n) is 21.2. The molecule has 0 saturated heterocycles. The van der Waals surface area contributed by atoms with Crippen molar-refractivity contribution in [2.75, 3.05) is 0 Å². The molecule has 0 aliphatic carbocycles. The number of pyridine rings is 1. The van der Waals surface area contributed by atoms with E-state index >= 15 is 0 Å². The van der Waals surface area contributed by atoms with E-state index in [0.29, 0.717) is 29.7 Å². The van der Waals surface area contributed by atoms with Gasteiger partial charge in [-0.2, -0.15) is 0 Å². The molecule has 0 aliphatic rings. The van der Waals surface area contributed by atoms with Crippen LogP contribution in [0.4, 0.5) is 0 Å². The van der Waals surface area contributed by atoms with E-state index in [2.05, 4.69) is 22.1 Å². The fourth-order valence-corrected chi connectivity index (χ4v) is 4.78. The Morgan fingerprint density at radius 1 is 0.842 bits per heavy atom. The number of hydrogen-bond acceptors (Lipinski definition) is 5. The molecule has 188 valence electrons. The first-order valence-corrected chi connectivity index (χ1v) is 12.5. The molecule has 0 fully saturated rings. The number of H-pyrrole nitrogens is 1. The first-order chi connectivity index (χ1) is 18.3. The van der Waals surface area contributed by atoms with Gasteiger partial charge in [0.2, 0.25) is 0 Å². The molecule has 0 aliphatic heterocycles. The lowest BCUT2D eigenvalue weighted by Crippen LogP contribution is -2.26. The molecule has 7 heteroatoms. The van der Waals surface area contributed by atoms with Gasteiger partial charge in [0.05, 0.1) is 34.2 Å². The number of aromatic amines is 1. The number of imidazole rings is 1. The molecule has 0 spiro atoms. The Balaban J connectivity index is 1.47. The maximum absolute atomic E-state index is 12.8. The van der Waals surface area contributed by atoms with Crippen LogP contribution in [0, 0.1) is 0 Å². The second kappa shape index (κ2) is 9.36. The summed E-state index contributed by atoms with van der Waals surface area (Å²) in [5.74, 6) is 0.741. The molecule has 38 heavy (non-hydrogen) atoms. The summed E-state index contributed by atoms with van der Waals surface area (Å²) >= 11 is 0. The van der Waals surface area contributed by atoms with E-state index < -0.39 is 5.60 Å². The summed E-state index contributed by atoms with van der Waals surface area (Å²) in [5, 5.41) is 10.8. The van der Waals surface area contributed by atoms with Crippen molar-refractivity contribution in [3.05, 3.63) is 113 Å². The fraction of sp³-hybridized carbons (Fsp3) is 0.161. The average Bonchev–Trinajstić information content (AvgIpc) is 3.24. The molecule has 3 aromatic heterocycles. The van der Waals surface area contributed by atoms with E-state index in [1.165, 1.54) is 0 Å². The van der Waals surface area contributed by atoms with Gasteiger partial charge in [0.25, 0.3) is 5.56 Å². The summed E-state index contributed by atoms with van der Waals surface area (Å²) < 4.78 is 2.03. The smallest absolute Gasteiger partial charge is 0.270 e. The van der Waals surface area contributed by atoms with Gasteiger partial charge in [-0.25, -0.2) is 9.97 Å². The minimum absolute atomic E-state index is 0.205. The summed E-state index contributed by atoms with van der Waals surface area (Å²) in [6, 6.07) is 25.8. The number of fused-ring (bicyclic) bond motifs is 2. The predicted molar refractivity (Wildman–Crippen MR) is 150 cm³/mol. The Labute approximate surface area is 219 Å². The lowest BCUT2D eigenvalue weighted by molar-refractivity contribution is 0.0631. The van der Waals surface area contributed by atoms with Crippen molar-refractivity contribution >= 4 is 22.1 Å². The van der Waals surface area contributed by atoms with Crippen LogP contribution in [0.2, 0.25) is 0 Å². The van der Waals surface area contributed by atoms with Crippen molar-refractivity contribution in [2.45, 2.75) is 32.4 Å². The number of aliphatic hydroxyl groups is 1. The molecule has 0 radical (unpaired) electrons. The number of nitrogens with one attached hydrogen (secondary N) is 1. The van der Waals surface area contributed by atoms with Gasteiger partial charge >= 0.3 is 0 Å². The molecule has 0 bridgehead atoms. The summed E-state index contributed by atoms with van der Waals surface area (Å²) in [6.07, 6.45) is 4.00. The lowest BCUT2D eigenvalue weighted by atomic mass is 10.0. The molecule has 2 N–H and O–H groups in total. The Hall–Kier alpha value is -4.62. The standard InChI is InChI=1S/C31H27N5O2/c1-31(2,38)19-36-28-18-25-24(35-30(37)27(33-25)16-20-6-4-3-5-7-20)17-26(28)34-29(36)23-10-8-21(9-11-23)22-12-14-32-15-13-22/h3-15,17-18,38H,16,19H2,1-2H3,(H,35,37). The first kappa shape index (κ1) is 23.8. The summed E-state index contributed by atoms with van der Waals surface area (Å²) in [5.41, 5.74) is 6.29. The molecule has 0 amide bonds. The van der Waals surface area contributed by atoms with Crippen molar-refractivity contribution in [1.29, 1.82) is 0 Å². The van der Waals surface area contributed by atoms with Gasteiger partial charge in [0.15, 0.2) is 0 Å². The van der Waals surface area contributed by atoms with Crippen LogP contribution in [0.25, 0.3) is 44.6 Å². The van der Waals surface area contributed by atoms with Crippen molar-refractivity contribution in [2.24, 2.45) is 0 Å². The molecule has 3 aromatic carbocycles. The maximum Gasteiger partial charge on any atom is 0.270 e. The quantitative estimate of drug-likeness (QED) is 0.320. The van der Waals surface area contributed by atoms with Crippen LogP contribution < -0.4 is 5.56 Å². The Kier molecular flexibility index (Phi) is 5.85. The van der Waals surface area contributed by atoms with Gasteiger partial charge < -0.3 is 14.7 Å². The molecule has 6 aromatic rings. The van der Waals surface area contributed by atoms with Crippen LogP contribution in [-0.2, 0) is 13.0 Å². The Morgan fingerprint density at radius 2 is 1.53 bits per heavy atom. The molecule has 7 nitrogen and oxygen atoms in total. The minimum atomic E-state index is -0.967. The van der Waals surface area contributed by atoms with E-state index in [-0.39, 0.29) is 5.56 Å². The molecule has 6 rings (SSSR count). The monoisotopic (exact) mass is 501 g/mol. The normalized spacial score (nSPS) is 11.9. The van der Waals surface area contributed by atoms with E-state index in [0.717, 1.165) is 39.1 Å². The molecular weight excluding hydrogens is 474 g/mol. The zero-order chi connectivity index (χ0) is 26.3. The minimum Gasteiger partial charge on any atom is -0.389 e. The molecule has 0 unspecified atom stereocenters. The van der Waals surface area contributed by atoms with Crippen LogP contribution in [0.5, 0.6) is 0 Å². The highest BCUT2D eigenvalue weighted by Gasteiger charge is 2.21. The van der Waals surface area contributed by atoms with Gasteiger partial charge in [-0.1, -0.05) is 54.6 Å². The highest BCUT2D eigenvalue weighted by molar-refractivity contribution is 5.93. The number of rotatable bonds is 6. The lowest BCUT2D eigenvalue weighted by Gasteiger charge is -2.20. The largest absolute Gasteiger partial charge is 0.389 e. The molecular formula is C31H27N5O2. The van der Waals surface area contributed by atoms with E-state index in [4.69, 9.17) is 9.97 Å². The van der Waals surface area contributed by atoms with E-state index in [1.54, 1.807) is 26.2 Å². The third-order valence-corrected chi connectivity index (χ3v) is 6.55.